The van der Waals surface area contributed by atoms with Crippen molar-refractivity contribution < 1.29 is 27.4 Å². The summed E-state index contributed by atoms with van der Waals surface area (Å²) in [5.41, 5.74) is 0.962. The van der Waals surface area contributed by atoms with Crippen molar-refractivity contribution in [2.24, 2.45) is 0 Å². The van der Waals surface area contributed by atoms with Crippen LogP contribution in [0.5, 0.6) is 5.75 Å². The first kappa shape index (κ1) is 18.5. The summed E-state index contributed by atoms with van der Waals surface area (Å²) >= 11 is 0. The fourth-order valence-corrected chi connectivity index (χ4v) is 2.55. The molecule has 1 saturated heterocycles. The maximum absolute atomic E-state index is 12.6. The molecule has 1 aliphatic heterocycles. The highest BCUT2D eigenvalue weighted by molar-refractivity contribution is 5.78. The fraction of sp³-hybridized carbons (Fsp3) is 0.562. The molecule has 1 N–H and O–H groups in total. The van der Waals surface area contributed by atoms with Crippen LogP contribution in [0.3, 0.4) is 0 Å². The number of benzene rings is 1. The molecular weight excluding hydrogens is 325 g/mol. The highest BCUT2D eigenvalue weighted by atomic mass is 19.4. The predicted octanol–water partition coefficient (Wildman–Crippen LogP) is 1.62. The molecule has 0 aromatic heterocycles. The lowest BCUT2D eigenvalue weighted by Crippen LogP contribution is -2.51. The zero-order valence-corrected chi connectivity index (χ0v) is 13.4. The van der Waals surface area contributed by atoms with Crippen molar-refractivity contribution in [1.29, 1.82) is 0 Å². The first-order valence-electron chi connectivity index (χ1n) is 7.69. The molecule has 1 aliphatic rings. The first-order valence-corrected chi connectivity index (χ1v) is 7.69. The van der Waals surface area contributed by atoms with Crippen LogP contribution < -0.4 is 10.1 Å². The zero-order chi connectivity index (χ0) is 17.6. The van der Waals surface area contributed by atoms with Crippen molar-refractivity contribution in [2.75, 3.05) is 39.9 Å². The second-order valence-corrected chi connectivity index (χ2v) is 5.55. The lowest BCUT2D eigenvalue weighted by atomic mass is 10.1. The molecule has 0 bridgehead atoms. The van der Waals surface area contributed by atoms with Crippen molar-refractivity contribution >= 4 is 5.91 Å². The minimum atomic E-state index is -4.40. The van der Waals surface area contributed by atoms with Gasteiger partial charge < -0.3 is 14.8 Å². The van der Waals surface area contributed by atoms with Crippen molar-refractivity contribution in [2.45, 2.75) is 18.7 Å². The van der Waals surface area contributed by atoms with E-state index in [9.17, 15) is 18.0 Å². The van der Waals surface area contributed by atoms with E-state index in [1.165, 1.54) is 4.90 Å². The molecule has 0 unspecified atom stereocenters. The van der Waals surface area contributed by atoms with Crippen molar-refractivity contribution in [3.8, 4) is 5.75 Å². The van der Waals surface area contributed by atoms with Crippen molar-refractivity contribution in [1.82, 2.24) is 10.2 Å². The van der Waals surface area contributed by atoms with Crippen LogP contribution in [0.15, 0.2) is 24.3 Å². The molecule has 0 spiro atoms. The summed E-state index contributed by atoms with van der Waals surface area (Å²) in [6, 6.07) is 7.48. The number of hydrogen-bond donors (Lipinski definition) is 1. The van der Waals surface area contributed by atoms with Gasteiger partial charge in [-0.3, -0.25) is 9.69 Å². The van der Waals surface area contributed by atoms with Gasteiger partial charge in [0.05, 0.1) is 20.3 Å². The van der Waals surface area contributed by atoms with Gasteiger partial charge in [0.1, 0.15) is 5.75 Å². The van der Waals surface area contributed by atoms with E-state index < -0.39 is 12.3 Å². The molecule has 24 heavy (non-hydrogen) atoms. The molecule has 1 fully saturated rings. The number of carbonyl (C=O) groups is 1. The van der Waals surface area contributed by atoms with Gasteiger partial charge in [-0.1, -0.05) is 18.2 Å². The van der Waals surface area contributed by atoms with Gasteiger partial charge in [-0.25, -0.2) is 0 Å². The van der Waals surface area contributed by atoms with E-state index in [-0.39, 0.29) is 25.6 Å². The first-order chi connectivity index (χ1) is 11.4. The second kappa shape index (κ2) is 8.34. The van der Waals surface area contributed by atoms with E-state index >= 15 is 0 Å². The number of nitrogens with one attached hydrogen (secondary N) is 1. The van der Waals surface area contributed by atoms with Crippen LogP contribution in [-0.4, -0.2) is 63.0 Å². The Kier molecular flexibility index (Phi) is 6.44. The van der Waals surface area contributed by atoms with E-state index in [1.807, 2.05) is 24.3 Å². The number of para-hydroxylation sites is 1. The molecule has 5 nitrogen and oxygen atoms in total. The smallest absolute Gasteiger partial charge is 0.415 e. The fourth-order valence-electron chi connectivity index (χ4n) is 2.55. The van der Waals surface area contributed by atoms with Crippen LogP contribution in [-0.2, 0) is 16.0 Å². The molecule has 134 valence electrons. The molecule has 2 rings (SSSR count). The Hall–Kier alpha value is -1.80. The monoisotopic (exact) mass is 346 g/mol. The third kappa shape index (κ3) is 5.38. The number of alkyl halides is 3. The number of carbonyl (C=O) groups excluding carboxylic acids is 1. The van der Waals surface area contributed by atoms with Crippen LogP contribution in [0.4, 0.5) is 13.2 Å². The molecule has 1 aromatic rings. The molecule has 0 radical (unpaired) electrons. The third-order valence-electron chi connectivity index (χ3n) is 3.79. The topological polar surface area (TPSA) is 50.8 Å². The maximum Gasteiger partial charge on any atom is 0.415 e. The van der Waals surface area contributed by atoms with Crippen LogP contribution in [0.25, 0.3) is 0 Å². The van der Waals surface area contributed by atoms with E-state index in [2.05, 4.69) is 5.32 Å². The summed E-state index contributed by atoms with van der Waals surface area (Å²) in [7, 11) is 1.58. The number of ether oxygens (including phenoxy) is 2. The number of amides is 1. The maximum atomic E-state index is 12.6. The van der Waals surface area contributed by atoms with E-state index in [4.69, 9.17) is 9.47 Å². The molecule has 1 aromatic carbocycles. The Balaban J connectivity index is 1.75. The third-order valence-corrected chi connectivity index (χ3v) is 3.79. The Bertz CT molecular complexity index is 552. The lowest BCUT2D eigenvalue weighted by molar-refractivity contribution is -0.237. The zero-order valence-electron chi connectivity index (χ0n) is 13.4. The van der Waals surface area contributed by atoms with E-state index in [1.54, 1.807) is 7.11 Å². The minimum absolute atomic E-state index is 0.0291. The molecule has 0 saturated carbocycles. The Labute approximate surface area is 138 Å². The Morgan fingerprint density at radius 3 is 2.88 bits per heavy atom. The van der Waals surface area contributed by atoms with Gasteiger partial charge in [-0.05, 0) is 18.1 Å². The summed E-state index contributed by atoms with van der Waals surface area (Å²) in [6.45, 7) is 0.294. The minimum Gasteiger partial charge on any atom is -0.496 e. The van der Waals surface area contributed by atoms with Crippen LogP contribution in [0, 0.1) is 0 Å². The number of halogens is 3. The molecule has 1 amide bonds. The summed E-state index contributed by atoms with van der Waals surface area (Å²) < 4.78 is 47.9. The number of hydrogen-bond acceptors (Lipinski definition) is 4. The van der Waals surface area contributed by atoms with Crippen molar-refractivity contribution in [3.05, 3.63) is 29.8 Å². The average Bonchev–Trinajstić information content (AvgIpc) is 2.55. The van der Waals surface area contributed by atoms with Gasteiger partial charge in [0, 0.05) is 19.6 Å². The summed E-state index contributed by atoms with van der Waals surface area (Å²) in [5, 5.41) is 2.73. The van der Waals surface area contributed by atoms with Gasteiger partial charge in [0.15, 0.2) is 6.10 Å². The highest BCUT2D eigenvalue weighted by Crippen LogP contribution is 2.25. The van der Waals surface area contributed by atoms with Crippen LogP contribution >= 0.6 is 0 Å². The normalized spacial score (nSPS) is 19.1. The van der Waals surface area contributed by atoms with Gasteiger partial charge >= 0.3 is 6.18 Å². The molecule has 1 heterocycles. The lowest BCUT2D eigenvalue weighted by Gasteiger charge is -2.33. The summed E-state index contributed by atoms with van der Waals surface area (Å²) in [4.78, 5) is 13.4. The van der Waals surface area contributed by atoms with Gasteiger partial charge in [-0.15, -0.1) is 0 Å². The van der Waals surface area contributed by atoms with Crippen LogP contribution in [0.2, 0.25) is 0 Å². The standard InChI is InChI=1S/C16H21F3N2O3/c1-23-13-5-3-2-4-12(13)6-7-20-15(22)11-21-8-9-24-14(10-21)16(17,18)19/h2-5,14H,6-11H2,1H3,(H,20,22)/t14-/m1/s1. The quantitative estimate of drug-likeness (QED) is 0.850. The van der Waals surface area contributed by atoms with Gasteiger partial charge in [0.2, 0.25) is 5.91 Å². The van der Waals surface area contributed by atoms with E-state index in [0.717, 1.165) is 11.3 Å². The largest absolute Gasteiger partial charge is 0.496 e. The van der Waals surface area contributed by atoms with E-state index in [0.29, 0.717) is 19.5 Å². The van der Waals surface area contributed by atoms with Crippen LogP contribution in [0.1, 0.15) is 5.56 Å². The Morgan fingerprint density at radius 1 is 1.42 bits per heavy atom. The van der Waals surface area contributed by atoms with Crippen molar-refractivity contribution in [3.63, 3.8) is 0 Å². The van der Waals surface area contributed by atoms with Gasteiger partial charge in [0.25, 0.3) is 0 Å². The Morgan fingerprint density at radius 2 is 2.17 bits per heavy atom. The highest BCUT2D eigenvalue weighted by Gasteiger charge is 2.43. The number of methoxy groups -OCH3 is 1. The molecule has 1 atom stereocenters. The number of nitrogens with zero attached hydrogens (tertiary/aromatic N) is 1. The van der Waals surface area contributed by atoms with Gasteiger partial charge in [-0.2, -0.15) is 13.2 Å². The molecule has 0 aliphatic carbocycles. The average molecular weight is 346 g/mol. The SMILES string of the molecule is COc1ccccc1CCNC(=O)CN1CCO[C@@H](C(F)(F)F)C1. The summed E-state index contributed by atoms with van der Waals surface area (Å²) in [6.07, 6.45) is -5.64. The number of morpholine rings is 1. The molecular formula is C16H21F3N2O3. The second-order valence-electron chi connectivity index (χ2n) is 5.55. The predicted molar refractivity (Wildman–Crippen MR) is 81.9 cm³/mol. The number of rotatable bonds is 6. The summed E-state index contributed by atoms with van der Waals surface area (Å²) in [5.74, 6) is 0.445. The molecule has 8 heteroatoms.